The molecule has 0 unspecified atom stereocenters. The van der Waals surface area contributed by atoms with Crippen LogP contribution in [0, 0.1) is 11.5 Å². The van der Waals surface area contributed by atoms with Gasteiger partial charge in [-0.2, -0.15) is 5.26 Å². The monoisotopic (exact) mass is 472 g/mol. The van der Waals surface area contributed by atoms with Crippen molar-refractivity contribution in [3.63, 3.8) is 0 Å². The number of carbonyl (C=O) groups is 1. The summed E-state index contributed by atoms with van der Waals surface area (Å²) in [6.45, 7) is 3.24. The van der Waals surface area contributed by atoms with Crippen molar-refractivity contribution in [2.24, 2.45) is 0 Å². The Labute approximate surface area is 206 Å². The van der Waals surface area contributed by atoms with Crippen LogP contribution in [0.5, 0.6) is 0 Å². The molecule has 1 aliphatic carbocycles. The van der Waals surface area contributed by atoms with Gasteiger partial charge in [-0.15, -0.1) is 10.2 Å². The lowest BCUT2D eigenvalue weighted by atomic mass is 9.77. The molecule has 9 heteroatoms. The second-order valence-electron chi connectivity index (χ2n) is 10.2. The van der Waals surface area contributed by atoms with Crippen LogP contribution in [0.2, 0.25) is 0 Å². The number of nitriles is 1. The summed E-state index contributed by atoms with van der Waals surface area (Å²) in [6.07, 6.45) is 10.7. The molecule has 9 nitrogen and oxygen atoms in total. The van der Waals surface area contributed by atoms with E-state index in [4.69, 9.17) is 0 Å². The third kappa shape index (κ3) is 3.91. The molecule has 1 aromatic carbocycles. The summed E-state index contributed by atoms with van der Waals surface area (Å²) in [5.41, 5.74) is 11.4. The number of aromatic nitrogens is 2. The molecule has 1 atom stereocenters. The number of nitrogens with one attached hydrogen (secondary N) is 2. The lowest BCUT2D eigenvalue weighted by Crippen LogP contribution is -2.64. The minimum absolute atomic E-state index is 0.000673. The Morgan fingerprint density at radius 2 is 1.77 bits per heavy atom. The standard InChI is InChI=1S/C26H32N8O/c27-18-32-13-14-33-15-16-34(25(35)22(33)17-32)23-10-9-20(28-30-23)19-7-6-8-21-24(19)26(31-29-21)11-4-2-1-3-5-12-26/h6-10,22,29,31H,1-5,11-17H2/t22-/m1/s1. The van der Waals surface area contributed by atoms with E-state index in [1.54, 1.807) is 9.80 Å². The Hall–Kier alpha value is -3.22. The van der Waals surface area contributed by atoms with E-state index in [9.17, 15) is 10.1 Å². The van der Waals surface area contributed by atoms with Gasteiger partial charge in [0.05, 0.1) is 23.5 Å². The van der Waals surface area contributed by atoms with Gasteiger partial charge in [-0.25, -0.2) is 5.43 Å². The zero-order valence-electron chi connectivity index (χ0n) is 20.0. The zero-order chi connectivity index (χ0) is 23.8. The van der Waals surface area contributed by atoms with E-state index in [2.05, 4.69) is 50.3 Å². The Morgan fingerprint density at radius 1 is 0.971 bits per heavy atom. The number of anilines is 2. The van der Waals surface area contributed by atoms with Crippen molar-refractivity contribution in [3.8, 4) is 17.5 Å². The molecule has 4 heterocycles. The van der Waals surface area contributed by atoms with Gasteiger partial charge in [0.2, 0.25) is 5.91 Å². The number of amides is 1. The van der Waals surface area contributed by atoms with Gasteiger partial charge < -0.3 is 10.3 Å². The SMILES string of the molecule is N#CN1CCN2CCN(c3ccc(-c4cccc5c4C4(CCCCCCC4)NN5)nn3)C(=O)[C@H]2C1. The summed E-state index contributed by atoms with van der Waals surface area (Å²) in [6, 6.07) is 9.95. The second kappa shape index (κ2) is 9.10. The molecular weight excluding hydrogens is 440 g/mol. The van der Waals surface area contributed by atoms with E-state index in [0.29, 0.717) is 25.5 Å². The fourth-order valence-electron chi connectivity index (χ4n) is 6.29. The van der Waals surface area contributed by atoms with Crippen molar-refractivity contribution in [1.29, 1.82) is 5.26 Å². The van der Waals surface area contributed by atoms with Crippen LogP contribution in [0.4, 0.5) is 11.5 Å². The number of hydrogen-bond donors (Lipinski definition) is 2. The summed E-state index contributed by atoms with van der Waals surface area (Å²) in [7, 11) is 0. The van der Waals surface area contributed by atoms with Crippen LogP contribution in [-0.2, 0) is 10.3 Å². The average Bonchev–Trinajstić information content (AvgIpc) is 3.26. The maximum Gasteiger partial charge on any atom is 0.247 e. The lowest BCUT2D eigenvalue weighted by Gasteiger charge is -2.44. The molecule has 35 heavy (non-hydrogen) atoms. The molecule has 4 aliphatic rings. The van der Waals surface area contributed by atoms with Crippen LogP contribution in [-0.4, -0.2) is 64.7 Å². The Balaban J connectivity index is 1.27. The van der Waals surface area contributed by atoms with E-state index >= 15 is 0 Å². The van der Waals surface area contributed by atoms with Crippen molar-refractivity contribution < 1.29 is 4.79 Å². The van der Waals surface area contributed by atoms with Crippen LogP contribution >= 0.6 is 0 Å². The van der Waals surface area contributed by atoms with Crippen LogP contribution < -0.4 is 15.8 Å². The molecule has 0 radical (unpaired) electrons. The Kier molecular flexibility index (Phi) is 5.78. The van der Waals surface area contributed by atoms with Crippen molar-refractivity contribution in [3.05, 3.63) is 35.9 Å². The smallest absolute Gasteiger partial charge is 0.247 e. The minimum Gasteiger partial charge on any atom is -0.320 e. The highest BCUT2D eigenvalue weighted by atomic mass is 16.2. The van der Waals surface area contributed by atoms with E-state index in [1.165, 1.54) is 37.7 Å². The molecule has 6 rings (SSSR count). The van der Waals surface area contributed by atoms with Gasteiger partial charge >= 0.3 is 0 Å². The molecule has 0 bridgehead atoms. The topological polar surface area (TPSA) is 100 Å². The van der Waals surface area contributed by atoms with E-state index in [1.807, 2.05) is 12.1 Å². The summed E-state index contributed by atoms with van der Waals surface area (Å²) >= 11 is 0. The summed E-state index contributed by atoms with van der Waals surface area (Å²) in [4.78, 5) is 18.8. The molecular formula is C26H32N8O. The van der Waals surface area contributed by atoms with Gasteiger partial charge in [0, 0.05) is 37.3 Å². The number of rotatable bonds is 2. The fraction of sp³-hybridized carbons (Fsp3) is 0.538. The van der Waals surface area contributed by atoms with Gasteiger partial charge in [-0.3, -0.25) is 14.6 Å². The highest BCUT2D eigenvalue weighted by Crippen LogP contribution is 2.46. The number of hydrazine groups is 1. The molecule has 1 aromatic heterocycles. The van der Waals surface area contributed by atoms with Crippen LogP contribution in [0.25, 0.3) is 11.3 Å². The van der Waals surface area contributed by atoms with Crippen molar-refractivity contribution in [2.45, 2.75) is 56.5 Å². The second-order valence-corrected chi connectivity index (χ2v) is 10.2. The van der Waals surface area contributed by atoms with Gasteiger partial charge in [-0.05, 0) is 31.0 Å². The van der Waals surface area contributed by atoms with Gasteiger partial charge in [0.15, 0.2) is 12.0 Å². The highest BCUT2D eigenvalue weighted by molar-refractivity contribution is 5.97. The Morgan fingerprint density at radius 3 is 2.54 bits per heavy atom. The first-order valence-corrected chi connectivity index (χ1v) is 12.9. The molecule has 1 amide bonds. The van der Waals surface area contributed by atoms with Crippen molar-refractivity contribution >= 4 is 17.4 Å². The largest absolute Gasteiger partial charge is 0.320 e. The lowest BCUT2D eigenvalue weighted by molar-refractivity contribution is -0.127. The number of benzene rings is 1. The van der Waals surface area contributed by atoms with Crippen LogP contribution in [0.3, 0.4) is 0 Å². The molecule has 1 spiro atoms. The number of hydrogen-bond acceptors (Lipinski definition) is 8. The number of piperazine rings is 2. The molecule has 2 saturated heterocycles. The molecule has 1 saturated carbocycles. The fourth-order valence-corrected chi connectivity index (χ4v) is 6.29. The summed E-state index contributed by atoms with van der Waals surface area (Å²) < 4.78 is 0. The average molecular weight is 473 g/mol. The molecule has 2 aromatic rings. The molecule has 2 N–H and O–H groups in total. The number of carbonyl (C=O) groups excluding carboxylic acids is 1. The molecule has 3 aliphatic heterocycles. The van der Waals surface area contributed by atoms with E-state index in [0.717, 1.165) is 42.9 Å². The number of fused-ring (bicyclic) bond motifs is 3. The quantitative estimate of drug-likeness (QED) is 0.644. The summed E-state index contributed by atoms with van der Waals surface area (Å²) in [5.74, 6) is 0.581. The third-order valence-electron chi connectivity index (χ3n) is 8.18. The van der Waals surface area contributed by atoms with E-state index < -0.39 is 0 Å². The van der Waals surface area contributed by atoms with Crippen molar-refractivity contribution in [2.75, 3.05) is 43.0 Å². The van der Waals surface area contributed by atoms with Crippen molar-refractivity contribution in [1.82, 2.24) is 25.4 Å². The number of nitrogens with zero attached hydrogens (tertiary/aromatic N) is 6. The predicted molar refractivity (Wildman–Crippen MR) is 133 cm³/mol. The maximum absolute atomic E-state index is 13.3. The normalized spacial score (nSPS) is 24.2. The highest BCUT2D eigenvalue weighted by Gasteiger charge is 2.41. The zero-order valence-corrected chi connectivity index (χ0v) is 20.0. The van der Waals surface area contributed by atoms with Gasteiger partial charge in [0.1, 0.15) is 6.04 Å². The molecule has 3 fully saturated rings. The minimum atomic E-state index is -0.299. The van der Waals surface area contributed by atoms with Gasteiger partial charge in [0.25, 0.3) is 0 Å². The molecule has 182 valence electrons. The summed E-state index contributed by atoms with van der Waals surface area (Å²) in [5, 5.41) is 18.4. The first-order valence-electron chi connectivity index (χ1n) is 12.9. The maximum atomic E-state index is 13.3. The van der Waals surface area contributed by atoms with E-state index in [-0.39, 0.29) is 17.5 Å². The predicted octanol–water partition coefficient (Wildman–Crippen LogP) is 2.83. The van der Waals surface area contributed by atoms with Crippen LogP contribution in [0.15, 0.2) is 30.3 Å². The first-order chi connectivity index (χ1) is 17.2. The van der Waals surface area contributed by atoms with Gasteiger partial charge in [-0.1, -0.05) is 44.2 Å². The first kappa shape index (κ1) is 22.3. The Bertz CT molecular complexity index is 1140. The third-order valence-corrected chi connectivity index (χ3v) is 8.18. The van der Waals surface area contributed by atoms with Crippen LogP contribution in [0.1, 0.15) is 50.5 Å².